The van der Waals surface area contributed by atoms with E-state index < -0.39 is 0 Å². The van der Waals surface area contributed by atoms with Gasteiger partial charge in [-0.2, -0.15) is 0 Å². The van der Waals surface area contributed by atoms with E-state index in [0.717, 1.165) is 0 Å². The van der Waals surface area contributed by atoms with E-state index in [1.54, 1.807) is 11.9 Å². The fourth-order valence-corrected chi connectivity index (χ4v) is 1.10. The van der Waals surface area contributed by atoms with Crippen molar-refractivity contribution < 1.29 is 4.79 Å². The van der Waals surface area contributed by atoms with Crippen LogP contribution in [-0.2, 0) is 0 Å². The number of hydrogen-bond donors (Lipinski definition) is 1. The average molecular weight is 142 g/mol. The molecule has 1 unspecified atom stereocenters. The molecule has 2 amide bonds. The van der Waals surface area contributed by atoms with E-state index in [1.165, 1.54) is 12.8 Å². The van der Waals surface area contributed by atoms with Crippen LogP contribution in [-0.4, -0.2) is 24.0 Å². The SMILES string of the molecule is CC(C1CC1)N(C)C(N)=O. The first-order valence-electron chi connectivity index (χ1n) is 3.65. The molecule has 0 aromatic rings. The Labute approximate surface area is 61.2 Å². The van der Waals surface area contributed by atoms with Crippen LogP contribution in [0.1, 0.15) is 19.8 Å². The Balaban J connectivity index is 2.38. The second-order valence-corrected chi connectivity index (χ2v) is 3.03. The molecule has 0 radical (unpaired) electrons. The van der Waals surface area contributed by atoms with Crippen molar-refractivity contribution in [3.8, 4) is 0 Å². The molecule has 1 aliphatic rings. The minimum Gasteiger partial charge on any atom is -0.351 e. The summed E-state index contributed by atoms with van der Waals surface area (Å²) in [5, 5.41) is 0. The maximum atomic E-state index is 10.6. The molecule has 0 bridgehead atoms. The molecule has 0 aliphatic heterocycles. The van der Waals surface area contributed by atoms with Gasteiger partial charge in [0.25, 0.3) is 0 Å². The summed E-state index contributed by atoms with van der Waals surface area (Å²) in [5.41, 5.74) is 5.09. The van der Waals surface area contributed by atoms with Crippen LogP contribution in [0.25, 0.3) is 0 Å². The zero-order valence-electron chi connectivity index (χ0n) is 6.50. The lowest BCUT2D eigenvalue weighted by Crippen LogP contribution is -2.39. The fraction of sp³-hybridized carbons (Fsp3) is 0.857. The molecule has 0 aromatic heterocycles. The van der Waals surface area contributed by atoms with Crippen molar-refractivity contribution in [3.05, 3.63) is 0 Å². The second kappa shape index (κ2) is 2.48. The van der Waals surface area contributed by atoms with Crippen LogP contribution in [0.4, 0.5) is 4.79 Å². The maximum Gasteiger partial charge on any atom is 0.314 e. The van der Waals surface area contributed by atoms with Gasteiger partial charge in [0, 0.05) is 13.1 Å². The van der Waals surface area contributed by atoms with Gasteiger partial charge in [0.1, 0.15) is 0 Å². The highest BCUT2D eigenvalue weighted by Crippen LogP contribution is 2.34. The number of nitrogens with two attached hydrogens (primary N) is 1. The van der Waals surface area contributed by atoms with Gasteiger partial charge in [-0.25, -0.2) is 4.79 Å². The summed E-state index contributed by atoms with van der Waals surface area (Å²) < 4.78 is 0. The number of urea groups is 1. The van der Waals surface area contributed by atoms with Crippen molar-refractivity contribution >= 4 is 6.03 Å². The van der Waals surface area contributed by atoms with Crippen molar-refractivity contribution in [3.63, 3.8) is 0 Å². The van der Waals surface area contributed by atoms with E-state index in [9.17, 15) is 4.79 Å². The third-order valence-electron chi connectivity index (χ3n) is 2.26. The van der Waals surface area contributed by atoms with Gasteiger partial charge in [-0.3, -0.25) is 0 Å². The molecular formula is C7H14N2O. The van der Waals surface area contributed by atoms with Crippen LogP contribution in [0, 0.1) is 5.92 Å². The number of carbonyl (C=O) groups is 1. The van der Waals surface area contributed by atoms with Gasteiger partial charge in [0.2, 0.25) is 0 Å². The molecule has 1 fully saturated rings. The number of carbonyl (C=O) groups excluding carboxylic acids is 1. The van der Waals surface area contributed by atoms with Gasteiger partial charge in [-0.05, 0) is 25.7 Å². The Kier molecular flexibility index (Phi) is 1.83. The minimum atomic E-state index is -0.320. The Hall–Kier alpha value is -0.730. The molecule has 58 valence electrons. The molecule has 3 heteroatoms. The van der Waals surface area contributed by atoms with E-state index in [4.69, 9.17) is 5.73 Å². The quantitative estimate of drug-likeness (QED) is 0.609. The summed E-state index contributed by atoms with van der Waals surface area (Å²) in [5.74, 6) is 0.706. The van der Waals surface area contributed by atoms with Gasteiger partial charge in [-0.1, -0.05) is 0 Å². The van der Waals surface area contributed by atoms with Gasteiger partial charge in [-0.15, -0.1) is 0 Å². The number of primary amides is 1. The number of rotatable bonds is 2. The molecule has 0 heterocycles. The highest BCUT2D eigenvalue weighted by molar-refractivity contribution is 5.72. The van der Waals surface area contributed by atoms with Crippen molar-refractivity contribution in [2.45, 2.75) is 25.8 Å². The molecule has 0 saturated heterocycles. The lowest BCUT2D eigenvalue weighted by atomic mass is 10.2. The third kappa shape index (κ3) is 1.40. The molecular weight excluding hydrogens is 128 g/mol. The molecule has 1 atom stereocenters. The third-order valence-corrected chi connectivity index (χ3v) is 2.26. The first-order chi connectivity index (χ1) is 4.63. The molecule has 0 aromatic carbocycles. The summed E-state index contributed by atoms with van der Waals surface area (Å²) in [6.07, 6.45) is 2.50. The molecule has 1 aliphatic carbocycles. The predicted molar refractivity (Wildman–Crippen MR) is 39.5 cm³/mol. The lowest BCUT2D eigenvalue weighted by molar-refractivity contribution is 0.197. The molecule has 1 saturated carbocycles. The average Bonchev–Trinajstić information content (AvgIpc) is 2.65. The molecule has 10 heavy (non-hydrogen) atoms. The zero-order chi connectivity index (χ0) is 7.72. The van der Waals surface area contributed by atoms with Crippen LogP contribution < -0.4 is 5.73 Å². The van der Waals surface area contributed by atoms with Gasteiger partial charge in [0.05, 0.1) is 0 Å². The second-order valence-electron chi connectivity index (χ2n) is 3.03. The summed E-state index contributed by atoms with van der Waals surface area (Å²) >= 11 is 0. The molecule has 3 nitrogen and oxygen atoms in total. The van der Waals surface area contributed by atoms with Crippen molar-refractivity contribution in [1.29, 1.82) is 0 Å². The normalized spacial score (nSPS) is 20.2. The van der Waals surface area contributed by atoms with E-state index in [-0.39, 0.29) is 6.03 Å². The minimum absolute atomic E-state index is 0.320. The first-order valence-corrected chi connectivity index (χ1v) is 3.65. The number of amides is 2. The maximum absolute atomic E-state index is 10.6. The smallest absolute Gasteiger partial charge is 0.314 e. The number of hydrogen-bond acceptors (Lipinski definition) is 1. The summed E-state index contributed by atoms with van der Waals surface area (Å²) in [4.78, 5) is 12.2. The molecule has 0 spiro atoms. The highest BCUT2D eigenvalue weighted by Gasteiger charge is 2.31. The first kappa shape index (κ1) is 7.38. The van der Waals surface area contributed by atoms with Gasteiger partial charge >= 0.3 is 6.03 Å². The van der Waals surface area contributed by atoms with Gasteiger partial charge < -0.3 is 10.6 Å². The molecule has 1 rings (SSSR count). The van der Waals surface area contributed by atoms with Crippen molar-refractivity contribution in [1.82, 2.24) is 4.90 Å². The highest BCUT2D eigenvalue weighted by atomic mass is 16.2. The Bertz CT molecular complexity index is 143. The lowest BCUT2D eigenvalue weighted by Gasteiger charge is -2.22. The Morgan fingerprint density at radius 1 is 1.70 bits per heavy atom. The summed E-state index contributed by atoms with van der Waals surface area (Å²) in [6.45, 7) is 2.04. The molecule has 2 N–H and O–H groups in total. The van der Waals surface area contributed by atoms with E-state index >= 15 is 0 Å². The van der Waals surface area contributed by atoms with Crippen LogP contribution >= 0.6 is 0 Å². The van der Waals surface area contributed by atoms with E-state index in [2.05, 4.69) is 0 Å². The fourth-order valence-electron chi connectivity index (χ4n) is 1.10. The van der Waals surface area contributed by atoms with Gasteiger partial charge in [0.15, 0.2) is 0 Å². The van der Waals surface area contributed by atoms with E-state index in [1.807, 2.05) is 6.92 Å². The monoisotopic (exact) mass is 142 g/mol. The van der Waals surface area contributed by atoms with Crippen LogP contribution in [0.3, 0.4) is 0 Å². The predicted octanol–water partition coefficient (Wildman–Crippen LogP) is 0.795. The zero-order valence-corrected chi connectivity index (χ0v) is 6.50. The largest absolute Gasteiger partial charge is 0.351 e. The topological polar surface area (TPSA) is 46.3 Å². The standard InChI is InChI=1S/C7H14N2O/c1-5(6-3-4-6)9(2)7(8)10/h5-6H,3-4H2,1-2H3,(H2,8,10). The Morgan fingerprint density at radius 3 is 2.50 bits per heavy atom. The number of nitrogens with zero attached hydrogens (tertiary/aromatic N) is 1. The summed E-state index contributed by atoms with van der Waals surface area (Å²) in [6, 6.07) is 0.0110. The van der Waals surface area contributed by atoms with Crippen LogP contribution in [0.5, 0.6) is 0 Å². The Morgan fingerprint density at radius 2 is 2.20 bits per heavy atom. The van der Waals surface area contributed by atoms with E-state index in [0.29, 0.717) is 12.0 Å². The van der Waals surface area contributed by atoms with Crippen molar-refractivity contribution in [2.24, 2.45) is 11.7 Å². The van der Waals surface area contributed by atoms with Crippen LogP contribution in [0.2, 0.25) is 0 Å². The van der Waals surface area contributed by atoms with Crippen molar-refractivity contribution in [2.75, 3.05) is 7.05 Å². The van der Waals surface area contributed by atoms with Crippen LogP contribution in [0.15, 0.2) is 0 Å². The summed E-state index contributed by atoms with van der Waals surface area (Å²) in [7, 11) is 1.76.